The third-order valence-corrected chi connectivity index (χ3v) is 5.76. The van der Waals surface area contributed by atoms with Crippen LogP contribution in [-0.4, -0.2) is 33.2 Å². The molecule has 0 aliphatic heterocycles. The maximum atomic E-state index is 14.5. The Labute approximate surface area is 232 Å². The second kappa shape index (κ2) is 13.8. The number of carbonyl (C=O) groups excluding carboxylic acids is 1. The molecule has 14 heteroatoms. The summed E-state index contributed by atoms with van der Waals surface area (Å²) in [6, 6.07) is 11.5. The number of hydrogen-bond donors (Lipinski definition) is 3. The van der Waals surface area contributed by atoms with Crippen LogP contribution in [0.5, 0.6) is 5.75 Å². The van der Waals surface area contributed by atoms with Crippen LogP contribution in [0.1, 0.15) is 23.2 Å². The summed E-state index contributed by atoms with van der Waals surface area (Å²) in [5.74, 6) is 5.50. The van der Waals surface area contributed by atoms with Crippen molar-refractivity contribution in [3.8, 4) is 5.75 Å². The molecule has 3 aromatic rings. The molecule has 0 radical (unpaired) electrons. The Balaban J connectivity index is 1.44. The van der Waals surface area contributed by atoms with Crippen LogP contribution < -0.4 is 27.2 Å². The van der Waals surface area contributed by atoms with Crippen molar-refractivity contribution in [2.24, 2.45) is 11.6 Å². The van der Waals surface area contributed by atoms with E-state index in [2.05, 4.69) is 10.3 Å². The number of benzene rings is 1. The van der Waals surface area contributed by atoms with Gasteiger partial charge in [0.2, 0.25) is 0 Å². The number of nitrogens with one attached hydrogen (secondary N) is 1. The van der Waals surface area contributed by atoms with E-state index in [4.69, 9.17) is 27.9 Å². The van der Waals surface area contributed by atoms with Crippen molar-refractivity contribution in [1.82, 2.24) is 19.9 Å². The molecule has 0 aliphatic carbocycles. The van der Waals surface area contributed by atoms with E-state index >= 15 is 0 Å². The molecule has 0 saturated carbocycles. The number of alkyl halides is 4. The van der Waals surface area contributed by atoms with E-state index in [1.807, 2.05) is 0 Å². The molecule has 1 aromatic carbocycles. The van der Waals surface area contributed by atoms with Crippen LogP contribution in [0.4, 0.5) is 17.6 Å². The smallest absolute Gasteiger partial charge is 0.416 e. The lowest BCUT2D eigenvalue weighted by atomic mass is 10.2. The maximum absolute atomic E-state index is 14.5. The number of rotatable bonds is 12. The second-order valence-electron chi connectivity index (χ2n) is 8.69. The Morgan fingerprint density at radius 2 is 1.93 bits per heavy atom. The number of nitrogens with zero attached hydrogens (tertiary/aromatic N) is 3. The van der Waals surface area contributed by atoms with Gasteiger partial charge in [0.05, 0.1) is 24.3 Å². The molecule has 0 fully saturated rings. The van der Waals surface area contributed by atoms with Gasteiger partial charge in [0.15, 0.2) is 0 Å². The number of nitrogens with two attached hydrogens (primary N) is 2. The molecule has 2 aromatic heterocycles. The van der Waals surface area contributed by atoms with Crippen LogP contribution in [0.15, 0.2) is 77.6 Å². The minimum Gasteiger partial charge on any atom is -0.489 e. The van der Waals surface area contributed by atoms with Gasteiger partial charge in [-0.2, -0.15) is 13.2 Å². The van der Waals surface area contributed by atoms with Gasteiger partial charge in [-0.3, -0.25) is 14.6 Å². The number of aromatic nitrogens is 2. The molecule has 40 heavy (non-hydrogen) atoms. The molecule has 1 amide bonds. The molecule has 9 nitrogen and oxygen atoms in total. The highest BCUT2D eigenvalue weighted by Crippen LogP contribution is 2.29. The molecule has 3 rings (SSSR count). The summed E-state index contributed by atoms with van der Waals surface area (Å²) in [4.78, 5) is 28.3. The fourth-order valence-corrected chi connectivity index (χ4v) is 3.56. The fraction of sp³-hybridized carbons (Fsp3) is 0.269. The standard InChI is InChI=1S/C26H27ClF4N6O3/c27-19-1-3-22(4-2-19)40-16-17-6-9-36(24(38)11-17)10-7-20(28)14-37(33)15-23(32)25(39)35-13-21-12-18(5-8-34-21)26(29,30)31/h1-6,8-9,11-12,15,20H,7,10,13-14,16,32-33H2,(H,35,39)/b23-15-. The normalized spacial score (nSPS) is 12.6. The first kappa shape index (κ1) is 30.4. The quantitative estimate of drug-likeness (QED) is 0.129. The minimum atomic E-state index is -4.55. The Morgan fingerprint density at radius 1 is 1.20 bits per heavy atom. The Morgan fingerprint density at radius 3 is 2.60 bits per heavy atom. The van der Waals surface area contributed by atoms with Gasteiger partial charge in [-0.25, -0.2) is 10.2 Å². The Hall–Kier alpha value is -4.10. The lowest BCUT2D eigenvalue weighted by Crippen LogP contribution is -2.36. The van der Waals surface area contributed by atoms with Gasteiger partial charge in [0.1, 0.15) is 24.2 Å². The predicted molar refractivity (Wildman–Crippen MR) is 140 cm³/mol. The third-order valence-electron chi connectivity index (χ3n) is 5.51. The average molecular weight is 583 g/mol. The van der Waals surface area contributed by atoms with E-state index < -0.39 is 23.8 Å². The largest absolute Gasteiger partial charge is 0.489 e. The van der Waals surface area contributed by atoms with Crippen molar-refractivity contribution in [1.29, 1.82) is 0 Å². The molecule has 0 aliphatic rings. The van der Waals surface area contributed by atoms with Crippen molar-refractivity contribution in [2.75, 3.05) is 6.54 Å². The van der Waals surface area contributed by atoms with E-state index in [0.717, 1.165) is 29.5 Å². The van der Waals surface area contributed by atoms with Crippen molar-refractivity contribution < 1.29 is 27.1 Å². The maximum Gasteiger partial charge on any atom is 0.416 e. The number of pyridine rings is 2. The highest BCUT2D eigenvalue weighted by atomic mass is 35.5. The number of carbonyl (C=O) groups is 1. The molecule has 1 unspecified atom stereocenters. The van der Waals surface area contributed by atoms with Gasteiger partial charge in [-0.05, 0) is 54.4 Å². The van der Waals surface area contributed by atoms with Crippen molar-refractivity contribution in [3.05, 3.63) is 105 Å². The number of aryl methyl sites for hydroxylation is 1. The first-order chi connectivity index (χ1) is 18.9. The zero-order valence-electron chi connectivity index (χ0n) is 21.1. The summed E-state index contributed by atoms with van der Waals surface area (Å²) in [6.07, 6.45) is -2.54. The zero-order valence-corrected chi connectivity index (χ0v) is 21.8. The van der Waals surface area contributed by atoms with E-state index in [9.17, 15) is 27.2 Å². The summed E-state index contributed by atoms with van der Waals surface area (Å²) >= 11 is 5.84. The van der Waals surface area contributed by atoms with E-state index in [1.54, 1.807) is 30.3 Å². The number of amides is 1. The molecule has 0 spiro atoms. The summed E-state index contributed by atoms with van der Waals surface area (Å²) in [6.45, 7) is -0.390. The van der Waals surface area contributed by atoms with E-state index in [-0.39, 0.29) is 49.6 Å². The fourth-order valence-electron chi connectivity index (χ4n) is 3.43. The summed E-state index contributed by atoms with van der Waals surface area (Å²) in [7, 11) is 0. The zero-order chi connectivity index (χ0) is 29.3. The van der Waals surface area contributed by atoms with E-state index in [1.165, 1.54) is 16.8 Å². The van der Waals surface area contributed by atoms with Crippen LogP contribution in [0.25, 0.3) is 0 Å². The highest BCUT2D eigenvalue weighted by Gasteiger charge is 2.30. The molecule has 0 bridgehead atoms. The van der Waals surface area contributed by atoms with Gasteiger partial charge in [0, 0.05) is 36.2 Å². The van der Waals surface area contributed by atoms with Gasteiger partial charge in [-0.1, -0.05) is 11.6 Å². The van der Waals surface area contributed by atoms with Crippen molar-refractivity contribution in [2.45, 2.75) is 38.5 Å². The topological polar surface area (TPSA) is 128 Å². The summed E-state index contributed by atoms with van der Waals surface area (Å²) in [5, 5.41) is 3.78. The van der Waals surface area contributed by atoms with Crippen LogP contribution in [0, 0.1) is 0 Å². The van der Waals surface area contributed by atoms with Crippen LogP contribution >= 0.6 is 11.6 Å². The second-order valence-corrected chi connectivity index (χ2v) is 9.13. The summed E-state index contributed by atoms with van der Waals surface area (Å²) < 4.78 is 59.9. The molecule has 214 valence electrons. The van der Waals surface area contributed by atoms with Crippen LogP contribution in [0.2, 0.25) is 5.02 Å². The number of hydrogen-bond acceptors (Lipinski definition) is 7. The first-order valence-corrected chi connectivity index (χ1v) is 12.3. The SMILES string of the molecule is N/C(=C\N(N)CC(F)CCn1ccc(COc2ccc(Cl)cc2)cc1=O)C(=O)NCc1cc(C(F)(F)F)ccn1. The predicted octanol–water partition coefficient (Wildman–Crippen LogP) is 3.51. The van der Waals surface area contributed by atoms with Crippen molar-refractivity contribution >= 4 is 17.5 Å². The van der Waals surface area contributed by atoms with Gasteiger partial charge in [0.25, 0.3) is 11.5 Å². The molecular weight excluding hydrogens is 556 g/mol. The molecule has 1 atom stereocenters. The highest BCUT2D eigenvalue weighted by molar-refractivity contribution is 6.30. The number of ether oxygens (including phenoxy) is 1. The average Bonchev–Trinajstić information content (AvgIpc) is 2.90. The Bertz CT molecular complexity index is 1380. The van der Waals surface area contributed by atoms with E-state index in [0.29, 0.717) is 16.3 Å². The van der Waals surface area contributed by atoms with Gasteiger partial charge in [-0.15, -0.1) is 0 Å². The molecule has 5 N–H and O–H groups in total. The number of halogens is 5. The third kappa shape index (κ3) is 9.58. The van der Waals surface area contributed by atoms with Crippen LogP contribution in [0.3, 0.4) is 0 Å². The summed E-state index contributed by atoms with van der Waals surface area (Å²) in [5.41, 5.74) is 4.67. The van der Waals surface area contributed by atoms with Gasteiger partial charge >= 0.3 is 6.18 Å². The van der Waals surface area contributed by atoms with Crippen molar-refractivity contribution in [3.63, 3.8) is 0 Å². The lowest BCUT2D eigenvalue weighted by Gasteiger charge is -2.18. The lowest BCUT2D eigenvalue weighted by molar-refractivity contribution is -0.137. The Kier molecular flexibility index (Phi) is 10.5. The minimum absolute atomic E-state index is 0.0261. The molecule has 2 heterocycles. The molecule has 0 saturated heterocycles. The number of hydrazine groups is 1. The molecular formula is C26H27ClF4N6O3. The van der Waals surface area contributed by atoms with Crippen LogP contribution in [-0.2, 0) is 30.7 Å². The monoisotopic (exact) mass is 582 g/mol. The first-order valence-electron chi connectivity index (χ1n) is 11.9. The van der Waals surface area contributed by atoms with Gasteiger partial charge < -0.3 is 25.4 Å².